The molecule has 1 aromatic carbocycles. The van der Waals surface area contributed by atoms with Gasteiger partial charge in [0, 0.05) is 25.7 Å². The molecule has 1 saturated heterocycles. The lowest BCUT2D eigenvalue weighted by Gasteiger charge is -2.26. The highest BCUT2D eigenvalue weighted by molar-refractivity contribution is 5.14. The van der Waals surface area contributed by atoms with E-state index < -0.39 is 12.3 Å². The Balaban J connectivity index is 1.80. The van der Waals surface area contributed by atoms with Crippen molar-refractivity contribution in [3.8, 4) is 0 Å². The maximum atomic E-state index is 12.7. The molecule has 0 amide bonds. The van der Waals surface area contributed by atoms with E-state index in [2.05, 4.69) is 5.32 Å². The van der Waals surface area contributed by atoms with Gasteiger partial charge in [-0.3, -0.25) is 0 Å². The molecule has 1 fully saturated rings. The molecule has 1 unspecified atom stereocenters. The van der Waals surface area contributed by atoms with Crippen molar-refractivity contribution < 1.29 is 13.2 Å². The number of halogens is 3. The highest BCUT2D eigenvalue weighted by Crippen LogP contribution is 2.30. The molecule has 0 spiro atoms. The van der Waals surface area contributed by atoms with E-state index in [0.29, 0.717) is 30.8 Å². The Kier molecular flexibility index (Phi) is 4.24. The van der Waals surface area contributed by atoms with Crippen molar-refractivity contribution in [3.05, 3.63) is 35.9 Å². The van der Waals surface area contributed by atoms with Gasteiger partial charge in [0.05, 0.1) is 0 Å². The number of rotatable bonds is 4. The molecule has 2 nitrogen and oxygen atoms in total. The molecule has 1 aliphatic heterocycles. The van der Waals surface area contributed by atoms with E-state index in [1.165, 1.54) is 0 Å². The summed E-state index contributed by atoms with van der Waals surface area (Å²) in [5.74, 6) is 0. The van der Waals surface area contributed by atoms with Gasteiger partial charge in [-0.05, 0) is 18.4 Å². The molecule has 0 saturated carbocycles. The van der Waals surface area contributed by atoms with Crippen molar-refractivity contribution in [1.29, 1.82) is 0 Å². The Hall–Kier alpha value is -1.07. The van der Waals surface area contributed by atoms with Gasteiger partial charge in [0.2, 0.25) is 0 Å². The van der Waals surface area contributed by atoms with E-state index in [9.17, 15) is 13.2 Å². The quantitative estimate of drug-likeness (QED) is 0.835. The topological polar surface area (TPSA) is 15.3 Å². The standard InChI is InChI=1S/C13H17F3N2/c14-13(15,16)18-8-4-7-12(18)10-17-9-11-5-2-1-3-6-11/h1-3,5-6,12,17H,4,7-10H2. The summed E-state index contributed by atoms with van der Waals surface area (Å²) in [6.45, 7) is 1.12. The molecule has 5 heteroatoms. The Morgan fingerprint density at radius 3 is 2.61 bits per heavy atom. The Morgan fingerprint density at radius 1 is 1.22 bits per heavy atom. The van der Waals surface area contributed by atoms with Crippen molar-refractivity contribution in [2.24, 2.45) is 0 Å². The van der Waals surface area contributed by atoms with Crippen molar-refractivity contribution in [2.75, 3.05) is 13.1 Å². The Morgan fingerprint density at radius 2 is 1.94 bits per heavy atom. The number of nitrogens with zero attached hydrogens (tertiary/aromatic N) is 1. The van der Waals surface area contributed by atoms with Gasteiger partial charge in [-0.1, -0.05) is 30.3 Å². The van der Waals surface area contributed by atoms with Crippen LogP contribution in [0.5, 0.6) is 0 Å². The lowest BCUT2D eigenvalue weighted by Crippen LogP contribution is -2.45. The molecular formula is C13H17F3N2. The summed E-state index contributed by atoms with van der Waals surface area (Å²) in [6.07, 6.45) is -2.96. The summed E-state index contributed by atoms with van der Waals surface area (Å²) in [7, 11) is 0. The smallest absolute Gasteiger partial charge is 0.311 e. The van der Waals surface area contributed by atoms with Gasteiger partial charge in [0.15, 0.2) is 0 Å². The number of alkyl halides is 3. The van der Waals surface area contributed by atoms with Crippen molar-refractivity contribution >= 4 is 0 Å². The van der Waals surface area contributed by atoms with Gasteiger partial charge in [0.25, 0.3) is 0 Å². The van der Waals surface area contributed by atoms with E-state index in [1.54, 1.807) is 0 Å². The SMILES string of the molecule is FC(F)(F)N1CCCC1CNCc1ccccc1. The van der Waals surface area contributed by atoms with Crippen LogP contribution in [-0.4, -0.2) is 30.3 Å². The normalized spacial score (nSPS) is 21.4. The number of benzene rings is 1. The first-order valence-corrected chi connectivity index (χ1v) is 6.15. The van der Waals surface area contributed by atoms with Gasteiger partial charge >= 0.3 is 6.30 Å². The highest BCUT2D eigenvalue weighted by Gasteiger charge is 2.43. The summed E-state index contributed by atoms with van der Waals surface area (Å²) in [5, 5.41) is 3.10. The zero-order valence-electron chi connectivity index (χ0n) is 10.1. The zero-order chi connectivity index (χ0) is 13.0. The average Bonchev–Trinajstić information content (AvgIpc) is 2.78. The third-order valence-corrected chi connectivity index (χ3v) is 3.25. The second kappa shape index (κ2) is 5.71. The minimum Gasteiger partial charge on any atom is -0.311 e. The molecule has 18 heavy (non-hydrogen) atoms. The first kappa shape index (κ1) is 13.4. The van der Waals surface area contributed by atoms with Crippen LogP contribution in [0, 0.1) is 0 Å². The number of hydrogen-bond acceptors (Lipinski definition) is 2. The van der Waals surface area contributed by atoms with Gasteiger partial charge in [-0.2, -0.15) is 13.2 Å². The third-order valence-electron chi connectivity index (χ3n) is 3.25. The van der Waals surface area contributed by atoms with E-state index in [1.807, 2.05) is 30.3 Å². The van der Waals surface area contributed by atoms with Gasteiger partial charge < -0.3 is 5.32 Å². The van der Waals surface area contributed by atoms with Crippen LogP contribution in [0.1, 0.15) is 18.4 Å². The minimum atomic E-state index is -4.20. The van der Waals surface area contributed by atoms with Crippen LogP contribution < -0.4 is 5.32 Å². The molecule has 0 aromatic heterocycles. The highest BCUT2D eigenvalue weighted by atomic mass is 19.4. The molecule has 1 atom stereocenters. The lowest BCUT2D eigenvalue weighted by atomic mass is 10.2. The monoisotopic (exact) mass is 258 g/mol. The predicted octanol–water partition coefficient (Wildman–Crippen LogP) is 2.76. The molecule has 1 heterocycles. The van der Waals surface area contributed by atoms with Crippen molar-refractivity contribution in [2.45, 2.75) is 31.7 Å². The fourth-order valence-corrected chi connectivity index (χ4v) is 2.36. The lowest BCUT2D eigenvalue weighted by molar-refractivity contribution is -0.249. The van der Waals surface area contributed by atoms with Crippen LogP contribution in [-0.2, 0) is 6.54 Å². The maximum Gasteiger partial charge on any atom is 0.460 e. The second-order valence-corrected chi connectivity index (χ2v) is 4.57. The first-order valence-electron chi connectivity index (χ1n) is 6.15. The van der Waals surface area contributed by atoms with E-state index in [4.69, 9.17) is 0 Å². The number of nitrogens with one attached hydrogen (secondary N) is 1. The molecule has 0 bridgehead atoms. The van der Waals surface area contributed by atoms with Crippen LogP contribution >= 0.6 is 0 Å². The largest absolute Gasteiger partial charge is 0.460 e. The van der Waals surface area contributed by atoms with Crippen LogP contribution in [0.15, 0.2) is 30.3 Å². The van der Waals surface area contributed by atoms with Crippen LogP contribution in [0.4, 0.5) is 13.2 Å². The number of likely N-dealkylation sites (tertiary alicyclic amines) is 1. The van der Waals surface area contributed by atoms with Gasteiger partial charge in [0.1, 0.15) is 0 Å². The summed E-state index contributed by atoms with van der Waals surface area (Å²) in [6, 6.07) is 9.27. The van der Waals surface area contributed by atoms with E-state index in [-0.39, 0.29) is 6.54 Å². The maximum absolute atomic E-state index is 12.7. The fourth-order valence-electron chi connectivity index (χ4n) is 2.36. The van der Waals surface area contributed by atoms with Crippen LogP contribution in [0.25, 0.3) is 0 Å². The summed E-state index contributed by atoms with van der Waals surface area (Å²) in [4.78, 5) is 0.644. The first-order chi connectivity index (χ1) is 8.57. The Bertz CT molecular complexity index is 364. The summed E-state index contributed by atoms with van der Waals surface area (Å²) >= 11 is 0. The van der Waals surface area contributed by atoms with E-state index >= 15 is 0 Å². The fraction of sp³-hybridized carbons (Fsp3) is 0.538. The van der Waals surface area contributed by atoms with Crippen molar-refractivity contribution in [1.82, 2.24) is 10.2 Å². The molecule has 1 aliphatic rings. The summed E-state index contributed by atoms with van der Waals surface area (Å²) < 4.78 is 38.0. The second-order valence-electron chi connectivity index (χ2n) is 4.57. The van der Waals surface area contributed by atoms with Crippen LogP contribution in [0.3, 0.4) is 0 Å². The molecule has 1 aromatic rings. The van der Waals surface area contributed by atoms with Crippen molar-refractivity contribution in [3.63, 3.8) is 0 Å². The minimum absolute atomic E-state index is 0.126. The molecule has 0 radical (unpaired) electrons. The number of hydrogen-bond donors (Lipinski definition) is 1. The molecule has 0 aliphatic carbocycles. The average molecular weight is 258 g/mol. The predicted molar refractivity (Wildman–Crippen MR) is 63.9 cm³/mol. The third kappa shape index (κ3) is 3.46. The molecule has 2 rings (SSSR count). The van der Waals surface area contributed by atoms with Gasteiger partial charge in [-0.25, -0.2) is 4.90 Å². The molecule has 100 valence electrons. The van der Waals surface area contributed by atoms with Gasteiger partial charge in [-0.15, -0.1) is 0 Å². The molecular weight excluding hydrogens is 241 g/mol. The molecule has 1 N–H and O–H groups in total. The Labute approximate surface area is 105 Å². The summed E-state index contributed by atoms with van der Waals surface area (Å²) in [5.41, 5.74) is 1.09. The zero-order valence-corrected chi connectivity index (χ0v) is 10.1. The van der Waals surface area contributed by atoms with Crippen LogP contribution in [0.2, 0.25) is 0 Å². The van der Waals surface area contributed by atoms with E-state index in [0.717, 1.165) is 5.56 Å².